The molecule has 42 heavy (non-hydrogen) atoms. The zero-order valence-electron chi connectivity index (χ0n) is 23.2. The number of carboxylic acid groups (broad SMARTS) is 1. The van der Waals surface area contributed by atoms with Crippen molar-refractivity contribution in [1.82, 2.24) is 4.90 Å². The van der Waals surface area contributed by atoms with Gasteiger partial charge in [-0.2, -0.15) is 0 Å². The number of esters is 1. The Labute approximate surface area is 249 Å². The minimum absolute atomic E-state index is 0.154. The number of rotatable bonds is 10. The maximum atomic E-state index is 13.9. The van der Waals surface area contributed by atoms with E-state index in [0.29, 0.717) is 12.8 Å². The van der Waals surface area contributed by atoms with Crippen LogP contribution < -0.4 is 9.62 Å². The monoisotopic (exact) mass is 613 g/mol. The summed E-state index contributed by atoms with van der Waals surface area (Å²) in [6, 6.07) is 20.8. The number of nitrogens with zero attached hydrogens (tertiary/aromatic N) is 2. The van der Waals surface area contributed by atoms with Crippen molar-refractivity contribution in [3.05, 3.63) is 89.4 Å². The van der Waals surface area contributed by atoms with Crippen molar-refractivity contribution in [3.63, 3.8) is 0 Å². The molecule has 3 aromatic carbocycles. The first-order valence-electron chi connectivity index (χ1n) is 13.4. The number of halogens is 1. The highest BCUT2D eigenvalue weighted by Gasteiger charge is 2.50. The molecule has 4 rings (SSSR count). The number of likely N-dealkylation sites (tertiary alicyclic amines) is 1. The number of anilines is 2. The van der Waals surface area contributed by atoms with Crippen LogP contribution in [0.5, 0.6) is 0 Å². The first-order valence-corrected chi connectivity index (χ1v) is 15.2. The fourth-order valence-electron chi connectivity index (χ4n) is 5.06. The number of carbonyl (C=O) groups excluding carboxylic acids is 2. The Kier molecular flexibility index (Phi) is 9.43. The second-order valence-corrected chi connectivity index (χ2v) is 12.5. The Bertz CT molecular complexity index is 1570. The highest BCUT2D eigenvalue weighted by molar-refractivity contribution is 7.92. The standard InChI is InChI=1S/C30H32ClN3O7S/c1-21(2)41-27(35)20-34(25-13-6-11-23(31)17-25)42(39,40)26-14-7-12-24(18-26)32-28(36)30(15-8-16-33(30)29(37)38)19-22-9-4-3-5-10-22/h3-7,9-14,17-18,21H,8,15-16,19-20H2,1-2H3,(H,32,36)(H,37,38)/t30-/m1/s1. The van der Waals surface area contributed by atoms with Gasteiger partial charge < -0.3 is 15.2 Å². The van der Waals surface area contributed by atoms with E-state index in [1.165, 1.54) is 36.4 Å². The molecule has 1 fully saturated rings. The second kappa shape index (κ2) is 12.8. The molecule has 222 valence electrons. The van der Waals surface area contributed by atoms with Gasteiger partial charge >= 0.3 is 12.1 Å². The van der Waals surface area contributed by atoms with Gasteiger partial charge in [0.1, 0.15) is 12.1 Å². The Balaban J connectivity index is 1.67. The van der Waals surface area contributed by atoms with Crippen LogP contribution in [0.1, 0.15) is 32.3 Å². The van der Waals surface area contributed by atoms with Crippen LogP contribution in [0.2, 0.25) is 5.02 Å². The molecule has 0 saturated carbocycles. The summed E-state index contributed by atoms with van der Waals surface area (Å²) in [5, 5.41) is 13.0. The predicted octanol–water partition coefficient (Wildman–Crippen LogP) is 5.18. The molecule has 12 heteroatoms. The van der Waals surface area contributed by atoms with Crippen LogP contribution in [0, 0.1) is 0 Å². The summed E-state index contributed by atoms with van der Waals surface area (Å²) in [5.74, 6) is -1.32. The molecule has 1 aliphatic rings. The van der Waals surface area contributed by atoms with E-state index in [-0.39, 0.29) is 34.3 Å². The van der Waals surface area contributed by atoms with Crippen LogP contribution >= 0.6 is 11.6 Å². The van der Waals surface area contributed by atoms with Gasteiger partial charge in [0, 0.05) is 23.7 Å². The van der Waals surface area contributed by atoms with Crippen molar-refractivity contribution >= 4 is 51.0 Å². The molecule has 2 amide bonds. The van der Waals surface area contributed by atoms with E-state index in [9.17, 15) is 27.9 Å². The number of nitrogens with one attached hydrogen (secondary N) is 1. The molecule has 1 saturated heterocycles. The zero-order valence-corrected chi connectivity index (χ0v) is 24.8. The second-order valence-electron chi connectivity index (χ2n) is 10.2. The number of hydrogen-bond donors (Lipinski definition) is 2. The van der Waals surface area contributed by atoms with Gasteiger partial charge in [-0.15, -0.1) is 0 Å². The molecule has 0 aliphatic carbocycles. The normalized spacial score (nSPS) is 16.7. The van der Waals surface area contributed by atoms with Crippen molar-refractivity contribution in [2.75, 3.05) is 22.7 Å². The Morgan fingerprint density at radius 2 is 1.76 bits per heavy atom. The number of carbonyl (C=O) groups is 3. The zero-order chi connectivity index (χ0) is 30.5. The van der Waals surface area contributed by atoms with Crippen LogP contribution in [0.3, 0.4) is 0 Å². The average Bonchev–Trinajstić information content (AvgIpc) is 3.37. The maximum absolute atomic E-state index is 13.9. The van der Waals surface area contributed by atoms with Gasteiger partial charge in [0.05, 0.1) is 16.7 Å². The van der Waals surface area contributed by atoms with Gasteiger partial charge in [0.15, 0.2) is 0 Å². The summed E-state index contributed by atoms with van der Waals surface area (Å²) in [5.41, 5.74) is -0.276. The van der Waals surface area contributed by atoms with E-state index in [2.05, 4.69) is 5.32 Å². The number of sulfonamides is 1. The SMILES string of the molecule is CC(C)OC(=O)CN(c1cccc(Cl)c1)S(=O)(=O)c1cccc(NC(=O)[C@]2(Cc3ccccc3)CCCN2C(=O)O)c1. The average molecular weight is 614 g/mol. The van der Waals surface area contributed by atoms with E-state index in [1.54, 1.807) is 26.0 Å². The third-order valence-electron chi connectivity index (χ3n) is 6.90. The van der Waals surface area contributed by atoms with Gasteiger partial charge in [-0.05, 0) is 68.7 Å². The van der Waals surface area contributed by atoms with Gasteiger partial charge in [0.25, 0.3) is 15.9 Å². The number of ether oxygens (including phenoxy) is 1. The minimum atomic E-state index is -4.35. The van der Waals surface area contributed by atoms with Crippen molar-refractivity contribution in [3.8, 4) is 0 Å². The Hall–Kier alpha value is -4.09. The summed E-state index contributed by atoms with van der Waals surface area (Å²) < 4.78 is 33.9. The lowest BCUT2D eigenvalue weighted by Gasteiger charge is -2.35. The van der Waals surface area contributed by atoms with Crippen molar-refractivity contribution in [2.45, 2.75) is 49.6 Å². The molecule has 1 atom stereocenters. The van der Waals surface area contributed by atoms with Crippen LogP contribution in [-0.2, 0) is 30.8 Å². The van der Waals surface area contributed by atoms with E-state index in [4.69, 9.17) is 16.3 Å². The maximum Gasteiger partial charge on any atom is 0.408 e. The molecule has 0 spiro atoms. The predicted molar refractivity (Wildman–Crippen MR) is 159 cm³/mol. The lowest BCUT2D eigenvalue weighted by Crippen LogP contribution is -2.56. The fourth-order valence-corrected chi connectivity index (χ4v) is 6.70. The summed E-state index contributed by atoms with van der Waals surface area (Å²) in [6.45, 7) is 2.90. The molecular weight excluding hydrogens is 582 g/mol. The molecule has 1 heterocycles. The molecule has 0 aromatic heterocycles. The lowest BCUT2D eigenvalue weighted by molar-refractivity contribution is -0.145. The van der Waals surface area contributed by atoms with Crippen LogP contribution in [0.15, 0.2) is 83.8 Å². The van der Waals surface area contributed by atoms with Crippen LogP contribution in [0.25, 0.3) is 0 Å². The smallest absolute Gasteiger partial charge is 0.408 e. The first kappa shape index (κ1) is 30.9. The quantitative estimate of drug-likeness (QED) is 0.301. The van der Waals surface area contributed by atoms with Crippen molar-refractivity contribution in [1.29, 1.82) is 0 Å². The molecule has 2 N–H and O–H groups in total. The van der Waals surface area contributed by atoms with Crippen molar-refractivity contribution < 1.29 is 32.6 Å². The lowest BCUT2D eigenvalue weighted by atomic mass is 9.87. The third kappa shape index (κ3) is 6.85. The molecular formula is C30H32ClN3O7S. The Morgan fingerprint density at radius 1 is 1.05 bits per heavy atom. The highest BCUT2D eigenvalue weighted by Crippen LogP contribution is 2.35. The number of benzene rings is 3. The molecule has 0 bridgehead atoms. The van der Waals surface area contributed by atoms with Gasteiger partial charge in [0.2, 0.25) is 0 Å². The minimum Gasteiger partial charge on any atom is -0.465 e. The highest BCUT2D eigenvalue weighted by atomic mass is 35.5. The van der Waals surface area contributed by atoms with E-state index in [1.807, 2.05) is 30.3 Å². The van der Waals surface area contributed by atoms with E-state index < -0.39 is 46.2 Å². The van der Waals surface area contributed by atoms with Crippen LogP contribution in [0.4, 0.5) is 16.2 Å². The van der Waals surface area contributed by atoms with E-state index in [0.717, 1.165) is 14.8 Å². The molecule has 10 nitrogen and oxygen atoms in total. The van der Waals surface area contributed by atoms with Crippen molar-refractivity contribution in [2.24, 2.45) is 0 Å². The Morgan fingerprint density at radius 3 is 2.43 bits per heavy atom. The molecule has 0 radical (unpaired) electrons. The molecule has 3 aromatic rings. The number of hydrogen-bond acceptors (Lipinski definition) is 6. The fraction of sp³-hybridized carbons (Fsp3) is 0.300. The van der Waals surface area contributed by atoms with Gasteiger partial charge in [-0.3, -0.25) is 18.8 Å². The largest absolute Gasteiger partial charge is 0.465 e. The summed E-state index contributed by atoms with van der Waals surface area (Å²) in [7, 11) is -4.35. The van der Waals surface area contributed by atoms with E-state index >= 15 is 0 Å². The third-order valence-corrected chi connectivity index (χ3v) is 8.90. The molecule has 1 aliphatic heterocycles. The van der Waals surface area contributed by atoms with Gasteiger partial charge in [-0.1, -0.05) is 54.1 Å². The summed E-state index contributed by atoms with van der Waals surface area (Å²) in [4.78, 5) is 39.5. The topological polar surface area (TPSA) is 133 Å². The molecule has 0 unspecified atom stereocenters. The van der Waals surface area contributed by atoms with Gasteiger partial charge in [-0.25, -0.2) is 13.2 Å². The summed E-state index contributed by atoms with van der Waals surface area (Å²) >= 11 is 6.12. The summed E-state index contributed by atoms with van der Waals surface area (Å²) in [6.07, 6.45) is -0.699. The first-order chi connectivity index (χ1) is 19.9. The van der Waals surface area contributed by atoms with Crippen LogP contribution in [-0.4, -0.2) is 61.1 Å². The number of amides is 2.